The summed E-state index contributed by atoms with van der Waals surface area (Å²) in [6.45, 7) is 2.26. The summed E-state index contributed by atoms with van der Waals surface area (Å²) >= 11 is 0. The highest BCUT2D eigenvalue weighted by Crippen LogP contribution is 2.18. The summed E-state index contributed by atoms with van der Waals surface area (Å²) in [5.74, 6) is 5.74. The Kier molecular flexibility index (Phi) is 4.56. The summed E-state index contributed by atoms with van der Waals surface area (Å²) in [5, 5.41) is 12.6. The summed E-state index contributed by atoms with van der Waals surface area (Å²) in [4.78, 5) is 11.1. The summed E-state index contributed by atoms with van der Waals surface area (Å²) in [6, 6.07) is 4.85. The number of benzene rings is 1. The van der Waals surface area contributed by atoms with Crippen LogP contribution in [0.25, 0.3) is 0 Å². The molecular weight excluding hydrogens is 202 g/mol. The first kappa shape index (κ1) is 12.3. The van der Waals surface area contributed by atoms with Crippen molar-refractivity contribution in [1.82, 2.24) is 5.32 Å². The molecule has 84 valence electrons. The Labute approximate surface area is 95.5 Å². The molecule has 0 radical (unpaired) electrons. The van der Waals surface area contributed by atoms with Crippen LogP contribution in [0.15, 0.2) is 18.2 Å². The molecule has 16 heavy (non-hydrogen) atoms. The maximum atomic E-state index is 11.1. The zero-order chi connectivity index (χ0) is 12.0. The van der Waals surface area contributed by atoms with Gasteiger partial charge in [0.05, 0.1) is 5.56 Å². The molecule has 0 unspecified atom stereocenters. The van der Waals surface area contributed by atoms with Gasteiger partial charge in [-0.05, 0) is 32.2 Å². The van der Waals surface area contributed by atoms with Crippen LogP contribution in [-0.2, 0) is 0 Å². The normalized spacial score (nSPS) is 9.38. The van der Waals surface area contributed by atoms with E-state index >= 15 is 0 Å². The van der Waals surface area contributed by atoms with Crippen LogP contribution in [-0.4, -0.2) is 24.5 Å². The molecule has 3 nitrogen and oxygen atoms in total. The zero-order valence-electron chi connectivity index (χ0n) is 9.50. The second-order valence-corrected chi connectivity index (χ2v) is 3.44. The molecule has 1 aromatic rings. The maximum absolute atomic E-state index is 11.1. The van der Waals surface area contributed by atoms with E-state index in [1.807, 2.05) is 7.05 Å². The number of Topliss-reactive ketones (excluding diaryl/α,β-unsaturated/α-hetero) is 1. The standard InChI is InChI=1S/C13H15NO2/c1-10(15)12-7-6-11(9-13(12)16)5-3-4-8-14-2/h6-7,9,14,16H,4,8H2,1-2H3. The molecule has 3 heteroatoms. The van der Waals surface area contributed by atoms with Gasteiger partial charge in [-0.15, -0.1) is 0 Å². The molecule has 0 amide bonds. The molecule has 0 spiro atoms. The summed E-state index contributed by atoms with van der Waals surface area (Å²) in [5.41, 5.74) is 1.05. The van der Waals surface area contributed by atoms with Crippen molar-refractivity contribution in [3.8, 4) is 17.6 Å². The molecule has 0 aliphatic heterocycles. The van der Waals surface area contributed by atoms with Crippen LogP contribution in [0.5, 0.6) is 5.75 Å². The van der Waals surface area contributed by atoms with Gasteiger partial charge in [-0.1, -0.05) is 11.8 Å². The summed E-state index contributed by atoms with van der Waals surface area (Å²) in [7, 11) is 1.87. The lowest BCUT2D eigenvalue weighted by molar-refractivity contribution is 0.101. The third-order valence-electron chi connectivity index (χ3n) is 2.11. The van der Waals surface area contributed by atoms with Gasteiger partial charge in [0.15, 0.2) is 5.78 Å². The molecule has 0 atom stereocenters. The van der Waals surface area contributed by atoms with Crippen molar-refractivity contribution in [2.24, 2.45) is 0 Å². The second-order valence-electron chi connectivity index (χ2n) is 3.44. The quantitative estimate of drug-likeness (QED) is 0.459. The van der Waals surface area contributed by atoms with Gasteiger partial charge in [-0.3, -0.25) is 4.79 Å². The first-order valence-electron chi connectivity index (χ1n) is 5.12. The number of hydrogen-bond acceptors (Lipinski definition) is 3. The van der Waals surface area contributed by atoms with E-state index in [1.54, 1.807) is 12.1 Å². The fourth-order valence-electron chi connectivity index (χ4n) is 1.26. The molecule has 0 heterocycles. The second kappa shape index (κ2) is 5.94. The molecule has 2 N–H and O–H groups in total. The first-order chi connectivity index (χ1) is 7.65. The number of nitrogens with one attached hydrogen (secondary N) is 1. The molecule has 0 aliphatic rings. The Morgan fingerprint density at radius 3 is 2.81 bits per heavy atom. The van der Waals surface area contributed by atoms with Gasteiger partial charge in [0.25, 0.3) is 0 Å². The van der Waals surface area contributed by atoms with Crippen molar-refractivity contribution in [2.45, 2.75) is 13.3 Å². The van der Waals surface area contributed by atoms with Crippen LogP contribution in [0.2, 0.25) is 0 Å². The van der Waals surface area contributed by atoms with Gasteiger partial charge in [-0.2, -0.15) is 0 Å². The largest absolute Gasteiger partial charge is 0.507 e. The van der Waals surface area contributed by atoms with Crippen LogP contribution in [0.3, 0.4) is 0 Å². The number of carbonyl (C=O) groups is 1. The Morgan fingerprint density at radius 1 is 1.50 bits per heavy atom. The van der Waals surface area contributed by atoms with Gasteiger partial charge in [0.2, 0.25) is 0 Å². The minimum Gasteiger partial charge on any atom is -0.507 e. The van der Waals surface area contributed by atoms with Crippen molar-refractivity contribution in [2.75, 3.05) is 13.6 Å². The Morgan fingerprint density at radius 2 is 2.25 bits per heavy atom. The highest BCUT2D eigenvalue weighted by molar-refractivity contribution is 5.96. The highest BCUT2D eigenvalue weighted by atomic mass is 16.3. The fraction of sp³-hybridized carbons (Fsp3) is 0.308. The molecule has 0 aromatic heterocycles. The van der Waals surface area contributed by atoms with Gasteiger partial charge in [0.1, 0.15) is 5.75 Å². The average molecular weight is 217 g/mol. The van der Waals surface area contributed by atoms with Crippen LogP contribution >= 0.6 is 0 Å². The number of phenolic OH excluding ortho intramolecular Hbond substituents is 1. The van der Waals surface area contributed by atoms with E-state index in [0.717, 1.165) is 18.5 Å². The Balaban J connectivity index is 2.80. The van der Waals surface area contributed by atoms with Gasteiger partial charge >= 0.3 is 0 Å². The molecule has 1 rings (SSSR count). The number of phenols is 1. The number of hydrogen-bond donors (Lipinski definition) is 2. The fourth-order valence-corrected chi connectivity index (χ4v) is 1.26. The Bertz CT molecular complexity index is 441. The van der Waals surface area contributed by atoms with Crippen molar-refractivity contribution in [1.29, 1.82) is 0 Å². The molecule has 0 aliphatic carbocycles. The predicted molar refractivity (Wildman–Crippen MR) is 63.5 cm³/mol. The van der Waals surface area contributed by atoms with E-state index in [0.29, 0.717) is 5.56 Å². The molecule has 0 saturated carbocycles. The SMILES string of the molecule is CNCCC#Cc1ccc(C(C)=O)c(O)c1. The minimum atomic E-state index is -0.146. The third-order valence-corrected chi connectivity index (χ3v) is 2.11. The van der Waals surface area contributed by atoms with E-state index in [1.165, 1.54) is 13.0 Å². The van der Waals surface area contributed by atoms with Crippen molar-refractivity contribution in [3.05, 3.63) is 29.3 Å². The van der Waals surface area contributed by atoms with E-state index in [9.17, 15) is 9.90 Å². The van der Waals surface area contributed by atoms with Crippen LogP contribution in [0, 0.1) is 11.8 Å². The average Bonchev–Trinajstić information content (AvgIpc) is 2.24. The van der Waals surface area contributed by atoms with Crippen molar-refractivity contribution in [3.63, 3.8) is 0 Å². The summed E-state index contributed by atoms with van der Waals surface area (Å²) in [6.07, 6.45) is 0.756. The van der Waals surface area contributed by atoms with E-state index in [4.69, 9.17) is 0 Å². The lowest BCUT2D eigenvalue weighted by Gasteiger charge is -2.00. The van der Waals surface area contributed by atoms with Crippen molar-refractivity contribution >= 4 is 5.78 Å². The van der Waals surface area contributed by atoms with Crippen LogP contribution in [0.4, 0.5) is 0 Å². The van der Waals surface area contributed by atoms with Crippen LogP contribution in [0.1, 0.15) is 29.3 Å². The maximum Gasteiger partial charge on any atom is 0.163 e. The molecule has 0 fully saturated rings. The van der Waals surface area contributed by atoms with Crippen molar-refractivity contribution < 1.29 is 9.90 Å². The number of aromatic hydroxyl groups is 1. The van der Waals surface area contributed by atoms with Gasteiger partial charge < -0.3 is 10.4 Å². The molecule has 0 bridgehead atoms. The van der Waals surface area contributed by atoms with Gasteiger partial charge in [0, 0.05) is 18.5 Å². The summed E-state index contributed by atoms with van der Waals surface area (Å²) < 4.78 is 0. The molecule has 0 saturated heterocycles. The third kappa shape index (κ3) is 3.41. The van der Waals surface area contributed by atoms with Gasteiger partial charge in [-0.25, -0.2) is 0 Å². The molecule has 1 aromatic carbocycles. The monoisotopic (exact) mass is 217 g/mol. The number of rotatable bonds is 3. The zero-order valence-corrected chi connectivity index (χ0v) is 9.50. The highest BCUT2D eigenvalue weighted by Gasteiger charge is 2.05. The Hall–Kier alpha value is -1.79. The minimum absolute atomic E-state index is 0.00656. The first-order valence-corrected chi connectivity index (χ1v) is 5.12. The van der Waals surface area contributed by atoms with Crippen LogP contribution < -0.4 is 5.32 Å². The predicted octanol–water partition coefficient (Wildman–Crippen LogP) is 1.56. The lowest BCUT2D eigenvalue weighted by atomic mass is 10.1. The number of ketones is 1. The smallest absolute Gasteiger partial charge is 0.163 e. The topological polar surface area (TPSA) is 49.3 Å². The van der Waals surface area contributed by atoms with E-state index < -0.39 is 0 Å². The van der Waals surface area contributed by atoms with E-state index in [2.05, 4.69) is 17.2 Å². The van der Waals surface area contributed by atoms with E-state index in [-0.39, 0.29) is 11.5 Å². The number of carbonyl (C=O) groups excluding carboxylic acids is 1. The lowest BCUT2D eigenvalue weighted by Crippen LogP contribution is -2.05. The molecular formula is C13H15NO2.